The van der Waals surface area contributed by atoms with Crippen LogP contribution in [-0.4, -0.2) is 35.6 Å². The first-order chi connectivity index (χ1) is 7.84. The highest BCUT2D eigenvalue weighted by molar-refractivity contribution is 5.40. The zero-order chi connectivity index (χ0) is 11.0. The van der Waals surface area contributed by atoms with Gasteiger partial charge in [0, 0.05) is 31.9 Å². The number of hydrogen-bond donors (Lipinski definition) is 1. The van der Waals surface area contributed by atoms with Gasteiger partial charge in [0.05, 0.1) is 0 Å². The Kier molecular flexibility index (Phi) is 2.52. The number of hydrogen-bond acceptors (Lipinski definition) is 4. The van der Waals surface area contributed by atoms with E-state index in [1.54, 1.807) is 0 Å². The van der Waals surface area contributed by atoms with Gasteiger partial charge in [-0.25, -0.2) is 9.97 Å². The van der Waals surface area contributed by atoms with Crippen molar-refractivity contribution in [2.45, 2.75) is 25.8 Å². The molecule has 2 saturated heterocycles. The fourth-order valence-corrected chi connectivity index (χ4v) is 2.96. The lowest BCUT2D eigenvalue weighted by Crippen LogP contribution is -2.45. The van der Waals surface area contributed by atoms with E-state index in [1.165, 1.54) is 19.4 Å². The van der Waals surface area contributed by atoms with Crippen LogP contribution in [0.15, 0.2) is 12.3 Å². The molecule has 2 aliphatic rings. The predicted octanol–water partition coefficient (Wildman–Crippen LogP) is 0.973. The van der Waals surface area contributed by atoms with Crippen LogP contribution in [0.1, 0.15) is 18.7 Å². The van der Waals surface area contributed by atoms with E-state index in [9.17, 15) is 0 Å². The maximum atomic E-state index is 4.54. The molecule has 0 spiro atoms. The molecule has 0 amide bonds. The fourth-order valence-electron chi connectivity index (χ4n) is 2.96. The van der Waals surface area contributed by atoms with Crippen LogP contribution in [0.3, 0.4) is 0 Å². The van der Waals surface area contributed by atoms with Gasteiger partial charge < -0.3 is 10.2 Å². The molecule has 4 heteroatoms. The summed E-state index contributed by atoms with van der Waals surface area (Å²) in [7, 11) is 0. The summed E-state index contributed by atoms with van der Waals surface area (Å²) in [6, 6.07) is 2.68. The molecular formula is C12H18N4. The van der Waals surface area contributed by atoms with E-state index < -0.39 is 0 Å². The minimum absolute atomic E-state index is 0.642. The van der Waals surface area contributed by atoms with Crippen LogP contribution >= 0.6 is 0 Å². The lowest BCUT2D eigenvalue weighted by molar-refractivity contribution is 0.383. The molecule has 16 heavy (non-hydrogen) atoms. The molecule has 0 bridgehead atoms. The minimum atomic E-state index is 0.642. The normalized spacial score (nSPS) is 29.2. The zero-order valence-corrected chi connectivity index (χ0v) is 9.69. The highest BCUT2D eigenvalue weighted by Gasteiger charge is 2.35. The first kappa shape index (κ1) is 10.0. The fraction of sp³-hybridized carbons (Fsp3) is 0.667. The summed E-state index contributed by atoms with van der Waals surface area (Å²) < 4.78 is 0. The van der Waals surface area contributed by atoms with Crippen LogP contribution in [0.2, 0.25) is 0 Å². The molecule has 0 aliphatic carbocycles. The summed E-state index contributed by atoms with van der Waals surface area (Å²) in [5, 5.41) is 3.49. The Bertz CT molecular complexity index is 379. The van der Waals surface area contributed by atoms with Gasteiger partial charge in [-0.05, 0) is 31.7 Å². The number of piperidine rings is 1. The molecular weight excluding hydrogens is 200 g/mol. The molecule has 3 rings (SSSR count). The van der Waals surface area contributed by atoms with E-state index in [1.807, 2.05) is 19.2 Å². The van der Waals surface area contributed by atoms with Crippen molar-refractivity contribution in [1.82, 2.24) is 15.3 Å². The van der Waals surface area contributed by atoms with Crippen molar-refractivity contribution in [2.24, 2.45) is 5.92 Å². The number of rotatable bonds is 1. The molecule has 2 atom stereocenters. The summed E-state index contributed by atoms with van der Waals surface area (Å²) in [6.07, 6.45) is 4.51. The van der Waals surface area contributed by atoms with Gasteiger partial charge in [0.15, 0.2) is 0 Å². The Morgan fingerprint density at radius 2 is 2.38 bits per heavy atom. The molecule has 0 radical (unpaired) electrons. The van der Waals surface area contributed by atoms with Crippen molar-refractivity contribution >= 4 is 5.82 Å². The third-order valence-electron chi connectivity index (χ3n) is 3.73. The van der Waals surface area contributed by atoms with Gasteiger partial charge in [0.2, 0.25) is 0 Å². The van der Waals surface area contributed by atoms with Gasteiger partial charge >= 0.3 is 0 Å². The maximum absolute atomic E-state index is 4.54. The second-order valence-electron chi connectivity index (χ2n) is 4.78. The van der Waals surface area contributed by atoms with Crippen molar-refractivity contribution in [3.05, 3.63) is 18.1 Å². The number of fused-ring (bicyclic) bond motifs is 1. The topological polar surface area (TPSA) is 41.1 Å². The van der Waals surface area contributed by atoms with Gasteiger partial charge in [-0.2, -0.15) is 0 Å². The number of aromatic nitrogens is 2. The minimum Gasteiger partial charge on any atom is -0.352 e. The third-order valence-corrected chi connectivity index (χ3v) is 3.73. The maximum Gasteiger partial charge on any atom is 0.132 e. The first-order valence-electron chi connectivity index (χ1n) is 6.11. The summed E-state index contributed by atoms with van der Waals surface area (Å²) in [6.45, 7) is 5.37. The van der Waals surface area contributed by atoms with E-state index in [0.717, 1.165) is 30.6 Å². The van der Waals surface area contributed by atoms with Crippen molar-refractivity contribution < 1.29 is 0 Å². The summed E-state index contributed by atoms with van der Waals surface area (Å²) in [5.41, 5.74) is 0. The molecule has 1 aromatic heterocycles. The first-order valence-corrected chi connectivity index (χ1v) is 6.11. The van der Waals surface area contributed by atoms with Crippen LogP contribution in [0.4, 0.5) is 5.82 Å². The average molecular weight is 218 g/mol. The SMILES string of the molecule is Cc1nccc(N2CCCC3CNCC32)n1. The Morgan fingerprint density at radius 3 is 3.25 bits per heavy atom. The highest BCUT2D eigenvalue weighted by atomic mass is 15.3. The number of aryl methyl sites for hydroxylation is 1. The Morgan fingerprint density at radius 1 is 1.44 bits per heavy atom. The molecule has 3 heterocycles. The summed E-state index contributed by atoms with van der Waals surface area (Å²) in [5.74, 6) is 2.78. The zero-order valence-electron chi connectivity index (χ0n) is 9.69. The molecule has 2 fully saturated rings. The highest BCUT2D eigenvalue weighted by Crippen LogP contribution is 2.29. The molecule has 1 N–H and O–H groups in total. The van der Waals surface area contributed by atoms with Crippen LogP contribution < -0.4 is 10.2 Å². The van der Waals surface area contributed by atoms with Crippen LogP contribution in [0.5, 0.6) is 0 Å². The number of nitrogens with zero attached hydrogens (tertiary/aromatic N) is 3. The summed E-state index contributed by atoms with van der Waals surface area (Å²) >= 11 is 0. The smallest absolute Gasteiger partial charge is 0.132 e. The predicted molar refractivity (Wildman–Crippen MR) is 63.5 cm³/mol. The molecule has 2 unspecified atom stereocenters. The van der Waals surface area contributed by atoms with E-state index >= 15 is 0 Å². The molecule has 2 aliphatic heterocycles. The Hall–Kier alpha value is -1.16. The van der Waals surface area contributed by atoms with Gasteiger partial charge in [-0.15, -0.1) is 0 Å². The van der Waals surface area contributed by atoms with Crippen molar-refractivity contribution in [2.75, 3.05) is 24.5 Å². The van der Waals surface area contributed by atoms with Crippen LogP contribution in [0.25, 0.3) is 0 Å². The van der Waals surface area contributed by atoms with Gasteiger partial charge in [-0.3, -0.25) is 0 Å². The number of anilines is 1. The molecule has 1 aromatic rings. The lowest BCUT2D eigenvalue weighted by Gasteiger charge is -2.37. The van der Waals surface area contributed by atoms with Crippen LogP contribution in [0, 0.1) is 12.8 Å². The lowest BCUT2D eigenvalue weighted by atomic mass is 9.92. The van der Waals surface area contributed by atoms with E-state index in [4.69, 9.17) is 0 Å². The largest absolute Gasteiger partial charge is 0.352 e. The van der Waals surface area contributed by atoms with E-state index in [2.05, 4.69) is 20.2 Å². The number of nitrogens with one attached hydrogen (secondary N) is 1. The standard InChI is InChI=1S/C12H18N4/c1-9-14-5-4-12(15-9)16-6-2-3-10-7-13-8-11(10)16/h4-5,10-11,13H,2-3,6-8H2,1H3. The van der Waals surface area contributed by atoms with Gasteiger partial charge in [0.25, 0.3) is 0 Å². The Labute approximate surface area is 96.1 Å². The average Bonchev–Trinajstić information content (AvgIpc) is 2.76. The van der Waals surface area contributed by atoms with Crippen molar-refractivity contribution in [1.29, 1.82) is 0 Å². The van der Waals surface area contributed by atoms with E-state index in [0.29, 0.717) is 6.04 Å². The molecule has 86 valence electrons. The van der Waals surface area contributed by atoms with Crippen molar-refractivity contribution in [3.63, 3.8) is 0 Å². The molecule has 0 aromatic carbocycles. The monoisotopic (exact) mass is 218 g/mol. The van der Waals surface area contributed by atoms with E-state index in [-0.39, 0.29) is 0 Å². The Balaban J connectivity index is 1.88. The summed E-state index contributed by atoms with van der Waals surface area (Å²) in [4.78, 5) is 11.2. The third kappa shape index (κ3) is 1.67. The quantitative estimate of drug-likeness (QED) is 0.762. The second-order valence-corrected chi connectivity index (χ2v) is 4.78. The molecule has 4 nitrogen and oxygen atoms in total. The van der Waals surface area contributed by atoms with Gasteiger partial charge in [0.1, 0.15) is 11.6 Å². The second kappa shape index (κ2) is 4.01. The van der Waals surface area contributed by atoms with Crippen molar-refractivity contribution in [3.8, 4) is 0 Å². The van der Waals surface area contributed by atoms with Crippen LogP contribution in [-0.2, 0) is 0 Å². The van der Waals surface area contributed by atoms with Gasteiger partial charge in [-0.1, -0.05) is 0 Å². The molecule has 0 saturated carbocycles.